The Balaban J connectivity index is 1.84. The number of hydrogen-bond acceptors (Lipinski definition) is 5. The summed E-state index contributed by atoms with van der Waals surface area (Å²) < 4.78 is 10.9. The molecule has 0 atom stereocenters. The molecular weight excluding hydrogens is 256 g/mol. The van der Waals surface area contributed by atoms with Gasteiger partial charge in [0.1, 0.15) is 0 Å². The molecule has 5 heteroatoms. The lowest BCUT2D eigenvalue weighted by Crippen LogP contribution is -2.11. The Hall–Kier alpha value is -0.520. The summed E-state index contributed by atoms with van der Waals surface area (Å²) in [4.78, 5) is 2.53. The first kappa shape index (κ1) is 11.6. The Bertz CT molecular complexity index is 415. The number of fused-ring (bicyclic) bond motifs is 2. The fourth-order valence-corrected chi connectivity index (χ4v) is 5.08. The maximum atomic E-state index is 8.93. The molecule has 0 aliphatic carbocycles. The smallest absolute Gasteiger partial charge is 0.231 e. The van der Waals surface area contributed by atoms with E-state index < -0.39 is 0 Å². The third-order valence-corrected chi connectivity index (χ3v) is 5.90. The normalized spacial score (nSPS) is 19.4. The van der Waals surface area contributed by atoms with Gasteiger partial charge in [-0.1, -0.05) is 0 Å². The number of ether oxygens (including phenoxy) is 2. The van der Waals surface area contributed by atoms with Crippen molar-refractivity contribution >= 4 is 23.5 Å². The van der Waals surface area contributed by atoms with Crippen LogP contribution < -0.4 is 9.47 Å². The van der Waals surface area contributed by atoms with Gasteiger partial charge < -0.3 is 14.6 Å². The van der Waals surface area contributed by atoms with Gasteiger partial charge in [-0.15, -0.1) is 23.5 Å². The molecule has 2 aliphatic heterocycles. The van der Waals surface area contributed by atoms with Gasteiger partial charge in [-0.05, 0) is 31.9 Å². The van der Waals surface area contributed by atoms with Crippen molar-refractivity contribution in [2.75, 3.05) is 13.4 Å². The lowest BCUT2D eigenvalue weighted by atomic mass is 10.2. The van der Waals surface area contributed by atoms with Crippen molar-refractivity contribution in [1.82, 2.24) is 0 Å². The maximum absolute atomic E-state index is 8.93. The molecule has 92 valence electrons. The predicted molar refractivity (Wildman–Crippen MR) is 69.0 cm³/mol. The highest BCUT2D eigenvalue weighted by atomic mass is 32.2. The molecule has 0 amide bonds. The first-order chi connectivity index (χ1) is 8.20. The van der Waals surface area contributed by atoms with E-state index >= 15 is 0 Å². The molecule has 0 unspecified atom stereocenters. The average molecular weight is 270 g/mol. The molecule has 3 nitrogen and oxygen atoms in total. The second-order valence-electron chi connectivity index (χ2n) is 4.32. The van der Waals surface area contributed by atoms with Crippen molar-refractivity contribution in [1.29, 1.82) is 0 Å². The molecule has 2 aliphatic rings. The summed E-state index contributed by atoms with van der Waals surface area (Å²) in [6.45, 7) is 2.82. The van der Waals surface area contributed by atoms with Gasteiger partial charge in [0.05, 0.1) is 4.08 Å². The largest absolute Gasteiger partial charge is 0.454 e. The Morgan fingerprint density at radius 2 is 1.82 bits per heavy atom. The molecule has 0 fully saturated rings. The van der Waals surface area contributed by atoms with E-state index in [2.05, 4.69) is 19.1 Å². The van der Waals surface area contributed by atoms with Gasteiger partial charge in [0.15, 0.2) is 11.5 Å². The molecule has 17 heavy (non-hydrogen) atoms. The molecule has 0 aromatic heterocycles. The summed E-state index contributed by atoms with van der Waals surface area (Å²) in [6.07, 6.45) is 1.84. The predicted octanol–water partition coefficient (Wildman–Crippen LogP) is 3.10. The third kappa shape index (κ3) is 2.11. The summed E-state index contributed by atoms with van der Waals surface area (Å²) >= 11 is 3.72. The Labute approximate surface area is 109 Å². The van der Waals surface area contributed by atoms with Gasteiger partial charge in [-0.3, -0.25) is 0 Å². The molecule has 0 bridgehead atoms. The second-order valence-corrected chi connectivity index (χ2v) is 7.67. The molecule has 3 rings (SSSR count). The van der Waals surface area contributed by atoms with E-state index in [1.54, 1.807) is 0 Å². The quantitative estimate of drug-likeness (QED) is 0.913. The maximum Gasteiger partial charge on any atom is 0.231 e. The first-order valence-corrected chi connectivity index (χ1v) is 7.26. The van der Waals surface area contributed by atoms with Gasteiger partial charge in [0.25, 0.3) is 0 Å². The number of rotatable bonds is 3. The van der Waals surface area contributed by atoms with E-state index in [4.69, 9.17) is 14.6 Å². The standard InChI is InChI=1S/C12H14O3S2/c1-12(3-2-4-13)16-10-5-8-9(15-7-14-8)6-11(10)17-12/h5-6,13H,2-4,7H2,1H3. The van der Waals surface area contributed by atoms with Crippen molar-refractivity contribution in [3.63, 3.8) is 0 Å². The number of aliphatic hydroxyl groups is 1. The molecule has 0 saturated heterocycles. The van der Waals surface area contributed by atoms with Crippen LogP contribution in [0.15, 0.2) is 21.9 Å². The summed E-state index contributed by atoms with van der Waals surface area (Å²) in [6, 6.07) is 4.14. The minimum Gasteiger partial charge on any atom is -0.454 e. The third-order valence-electron chi connectivity index (χ3n) is 2.88. The summed E-state index contributed by atoms with van der Waals surface area (Å²) in [7, 11) is 0. The van der Waals surface area contributed by atoms with Crippen molar-refractivity contribution in [3.05, 3.63) is 12.1 Å². The van der Waals surface area contributed by atoms with Gasteiger partial charge in [-0.2, -0.15) is 0 Å². The summed E-state index contributed by atoms with van der Waals surface area (Å²) in [5, 5.41) is 8.93. The van der Waals surface area contributed by atoms with E-state index in [0.717, 1.165) is 24.3 Å². The van der Waals surface area contributed by atoms with Crippen LogP contribution in [0.5, 0.6) is 11.5 Å². The Morgan fingerprint density at radius 3 is 2.35 bits per heavy atom. The van der Waals surface area contributed by atoms with Crippen LogP contribution in [-0.2, 0) is 0 Å². The minimum absolute atomic E-state index is 0.125. The number of hydrogen-bond donors (Lipinski definition) is 1. The van der Waals surface area contributed by atoms with Gasteiger partial charge in [0.2, 0.25) is 6.79 Å². The Morgan fingerprint density at radius 1 is 1.24 bits per heavy atom. The SMILES string of the molecule is CC1(CCCO)Sc2cc3c(cc2S1)OCO3. The molecule has 1 aromatic carbocycles. The van der Waals surface area contributed by atoms with E-state index in [-0.39, 0.29) is 10.7 Å². The molecule has 1 aromatic rings. The van der Waals surface area contributed by atoms with E-state index in [0.29, 0.717) is 6.79 Å². The summed E-state index contributed by atoms with van der Waals surface area (Å²) in [5.41, 5.74) is 0. The fraction of sp³-hybridized carbons (Fsp3) is 0.500. The average Bonchev–Trinajstić information content (AvgIpc) is 2.85. The zero-order valence-electron chi connectivity index (χ0n) is 9.56. The number of aliphatic hydroxyl groups excluding tert-OH is 1. The van der Waals surface area contributed by atoms with Crippen LogP contribution >= 0.6 is 23.5 Å². The lowest BCUT2D eigenvalue weighted by molar-refractivity contribution is 0.174. The van der Waals surface area contributed by atoms with Gasteiger partial charge >= 0.3 is 0 Å². The summed E-state index contributed by atoms with van der Waals surface area (Å²) in [5.74, 6) is 1.70. The van der Waals surface area contributed by atoms with Crippen molar-refractivity contribution in [2.45, 2.75) is 33.6 Å². The zero-order valence-corrected chi connectivity index (χ0v) is 11.2. The molecule has 0 spiro atoms. The van der Waals surface area contributed by atoms with Crippen LogP contribution in [0, 0.1) is 0 Å². The molecule has 1 N–H and O–H groups in total. The second kappa shape index (κ2) is 4.30. The molecule has 2 heterocycles. The van der Waals surface area contributed by atoms with Crippen molar-refractivity contribution in [3.8, 4) is 11.5 Å². The highest BCUT2D eigenvalue weighted by Gasteiger charge is 2.36. The van der Waals surface area contributed by atoms with Crippen LogP contribution in [0.3, 0.4) is 0 Å². The zero-order chi connectivity index (χ0) is 11.9. The van der Waals surface area contributed by atoms with E-state index in [1.807, 2.05) is 23.5 Å². The van der Waals surface area contributed by atoms with Crippen LogP contribution in [0.25, 0.3) is 0 Å². The van der Waals surface area contributed by atoms with Crippen LogP contribution in [0.2, 0.25) is 0 Å². The minimum atomic E-state index is 0.125. The van der Waals surface area contributed by atoms with E-state index in [9.17, 15) is 0 Å². The highest BCUT2D eigenvalue weighted by Crippen LogP contribution is 2.59. The van der Waals surface area contributed by atoms with Crippen LogP contribution in [0.4, 0.5) is 0 Å². The molecule has 0 saturated carbocycles. The van der Waals surface area contributed by atoms with Crippen molar-refractivity contribution in [2.24, 2.45) is 0 Å². The first-order valence-electron chi connectivity index (χ1n) is 5.63. The van der Waals surface area contributed by atoms with Gasteiger partial charge in [0, 0.05) is 16.4 Å². The van der Waals surface area contributed by atoms with E-state index in [1.165, 1.54) is 9.79 Å². The fourth-order valence-electron chi connectivity index (χ4n) is 2.05. The molecular formula is C12H14O3S2. The topological polar surface area (TPSA) is 38.7 Å². The molecule has 0 radical (unpaired) electrons. The lowest BCUT2D eigenvalue weighted by Gasteiger charge is -2.20. The van der Waals surface area contributed by atoms with Crippen LogP contribution in [0.1, 0.15) is 19.8 Å². The Kier molecular flexibility index (Phi) is 2.92. The van der Waals surface area contributed by atoms with Crippen LogP contribution in [-0.4, -0.2) is 22.6 Å². The highest BCUT2D eigenvalue weighted by molar-refractivity contribution is 8.20. The van der Waals surface area contributed by atoms with Crippen molar-refractivity contribution < 1.29 is 14.6 Å². The number of benzene rings is 1. The van der Waals surface area contributed by atoms with Gasteiger partial charge in [-0.25, -0.2) is 0 Å². The monoisotopic (exact) mass is 270 g/mol. The number of thioether (sulfide) groups is 2.